The minimum Gasteiger partial charge on any atom is -0.192 e. The van der Waals surface area contributed by atoms with Crippen molar-refractivity contribution < 1.29 is 0 Å². The Morgan fingerprint density at radius 2 is 2.00 bits per heavy atom. The van der Waals surface area contributed by atoms with Crippen LogP contribution in [0.5, 0.6) is 0 Å². The van der Waals surface area contributed by atoms with Gasteiger partial charge in [-0.15, -0.1) is 11.3 Å². The molecule has 0 fully saturated rings. The fourth-order valence-corrected chi connectivity index (χ4v) is 2.44. The van der Waals surface area contributed by atoms with E-state index in [4.69, 9.17) is 5.26 Å². The van der Waals surface area contributed by atoms with E-state index in [9.17, 15) is 0 Å². The molecule has 0 unspecified atom stereocenters. The van der Waals surface area contributed by atoms with Crippen LogP contribution in [-0.4, -0.2) is 0 Å². The van der Waals surface area contributed by atoms with Gasteiger partial charge in [0.05, 0.1) is 10.3 Å². The number of thiophene rings is 1. The van der Waals surface area contributed by atoms with Crippen LogP contribution in [0.4, 0.5) is 0 Å². The summed E-state index contributed by atoms with van der Waals surface area (Å²) in [6, 6.07) is 8.56. The van der Waals surface area contributed by atoms with Gasteiger partial charge in [-0.2, -0.15) is 5.26 Å². The van der Waals surface area contributed by atoms with E-state index in [-0.39, 0.29) is 5.41 Å². The van der Waals surface area contributed by atoms with Crippen molar-refractivity contribution in [2.45, 2.75) is 26.2 Å². The molecule has 2 aromatic rings. The van der Waals surface area contributed by atoms with Crippen molar-refractivity contribution >= 4 is 21.4 Å². The maximum absolute atomic E-state index is 9.10. The average Bonchev–Trinajstić information content (AvgIpc) is 2.62. The summed E-state index contributed by atoms with van der Waals surface area (Å²) < 4.78 is 1.10. The second kappa shape index (κ2) is 3.36. The number of rotatable bonds is 0. The highest BCUT2D eigenvalue weighted by Crippen LogP contribution is 2.31. The molecular weight excluding hydrogens is 202 g/mol. The number of hydrogen-bond acceptors (Lipinski definition) is 2. The van der Waals surface area contributed by atoms with Gasteiger partial charge in [0, 0.05) is 0 Å². The van der Waals surface area contributed by atoms with Gasteiger partial charge < -0.3 is 0 Å². The first-order valence-corrected chi connectivity index (χ1v) is 5.82. The number of nitriles is 1. The summed E-state index contributed by atoms with van der Waals surface area (Å²) in [6.07, 6.45) is 0. The van der Waals surface area contributed by atoms with E-state index in [1.165, 1.54) is 10.9 Å². The molecule has 1 aromatic carbocycles. The van der Waals surface area contributed by atoms with Gasteiger partial charge in [-0.25, -0.2) is 0 Å². The molecule has 0 radical (unpaired) electrons. The Bertz CT molecular complexity index is 538. The summed E-state index contributed by atoms with van der Waals surface area (Å²) in [5.74, 6) is 0. The van der Waals surface area contributed by atoms with Crippen LogP contribution in [-0.2, 0) is 5.41 Å². The van der Waals surface area contributed by atoms with Crippen LogP contribution in [0, 0.1) is 11.3 Å². The standard InChI is InChI=1S/C13H13NS/c1-13(2,3)11-6-9-4-5-15-12(9)10(7-11)8-14/h4-7H,1-3H3. The molecule has 0 aliphatic carbocycles. The Hall–Kier alpha value is -1.33. The molecule has 0 aliphatic rings. The number of benzene rings is 1. The Balaban J connectivity index is 2.76. The van der Waals surface area contributed by atoms with E-state index in [2.05, 4.69) is 39.0 Å². The molecule has 0 aliphatic heterocycles. The lowest BCUT2D eigenvalue weighted by Gasteiger charge is -2.19. The molecule has 0 N–H and O–H groups in total. The van der Waals surface area contributed by atoms with Crippen LogP contribution < -0.4 is 0 Å². The molecule has 1 aromatic heterocycles. The summed E-state index contributed by atoms with van der Waals surface area (Å²) in [5, 5.41) is 12.3. The largest absolute Gasteiger partial charge is 0.192 e. The molecule has 0 bridgehead atoms. The maximum Gasteiger partial charge on any atom is 0.101 e. The second-order valence-electron chi connectivity index (χ2n) is 4.72. The maximum atomic E-state index is 9.10. The summed E-state index contributed by atoms with van der Waals surface area (Å²) in [5.41, 5.74) is 2.12. The first-order valence-electron chi connectivity index (χ1n) is 4.94. The van der Waals surface area contributed by atoms with Gasteiger partial charge in [0.15, 0.2) is 0 Å². The monoisotopic (exact) mass is 215 g/mol. The van der Waals surface area contributed by atoms with Crippen molar-refractivity contribution in [3.63, 3.8) is 0 Å². The number of fused-ring (bicyclic) bond motifs is 1. The van der Waals surface area contributed by atoms with Gasteiger partial charge in [0.1, 0.15) is 6.07 Å². The van der Waals surface area contributed by atoms with Crippen LogP contribution >= 0.6 is 11.3 Å². The molecule has 76 valence electrons. The summed E-state index contributed by atoms with van der Waals surface area (Å²) in [6.45, 7) is 6.51. The quantitative estimate of drug-likeness (QED) is 0.650. The molecule has 0 saturated carbocycles. The molecule has 1 nitrogen and oxygen atoms in total. The smallest absolute Gasteiger partial charge is 0.101 e. The Morgan fingerprint density at radius 1 is 1.27 bits per heavy atom. The van der Waals surface area contributed by atoms with Crippen molar-refractivity contribution in [3.05, 3.63) is 34.7 Å². The normalized spacial score (nSPS) is 11.6. The average molecular weight is 215 g/mol. The van der Waals surface area contributed by atoms with Crippen molar-refractivity contribution in [1.82, 2.24) is 0 Å². The Kier molecular flexibility index (Phi) is 2.28. The van der Waals surface area contributed by atoms with Gasteiger partial charge in [0.2, 0.25) is 0 Å². The third-order valence-electron chi connectivity index (χ3n) is 2.54. The van der Waals surface area contributed by atoms with Crippen molar-refractivity contribution in [1.29, 1.82) is 5.26 Å². The summed E-state index contributed by atoms with van der Waals surface area (Å²) in [7, 11) is 0. The van der Waals surface area contributed by atoms with E-state index < -0.39 is 0 Å². The molecule has 15 heavy (non-hydrogen) atoms. The Labute approximate surface area is 94.0 Å². The summed E-state index contributed by atoms with van der Waals surface area (Å²) >= 11 is 1.64. The van der Waals surface area contributed by atoms with Crippen molar-refractivity contribution in [2.24, 2.45) is 0 Å². The molecule has 1 heterocycles. The molecule has 0 amide bonds. The lowest BCUT2D eigenvalue weighted by Crippen LogP contribution is -2.11. The minimum atomic E-state index is 0.0989. The van der Waals surface area contributed by atoms with Crippen LogP contribution in [0.1, 0.15) is 31.9 Å². The topological polar surface area (TPSA) is 23.8 Å². The predicted octanol–water partition coefficient (Wildman–Crippen LogP) is 4.07. The van der Waals surface area contributed by atoms with Gasteiger partial charge >= 0.3 is 0 Å². The second-order valence-corrected chi connectivity index (χ2v) is 5.64. The molecule has 2 rings (SSSR count). The van der Waals surface area contributed by atoms with E-state index in [1.807, 2.05) is 11.4 Å². The van der Waals surface area contributed by atoms with Crippen molar-refractivity contribution in [3.8, 4) is 6.07 Å². The van der Waals surface area contributed by atoms with Crippen LogP contribution in [0.15, 0.2) is 23.6 Å². The fourth-order valence-electron chi connectivity index (χ4n) is 1.60. The van der Waals surface area contributed by atoms with Gasteiger partial charge in [-0.3, -0.25) is 0 Å². The van der Waals surface area contributed by atoms with Gasteiger partial charge in [0.25, 0.3) is 0 Å². The first kappa shape index (κ1) is 10.2. The van der Waals surface area contributed by atoms with Crippen LogP contribution in [0.3, 0.4) is 0 Å². The van der Waals surface area contributed by atoms with E-state index in [1.54, 1.807) is 11.3 Å². The van der Waals surface area contributed by atoms with Crippen molar-refractivity contribution in [2.75, 3.05) is 0 Å². The highest BCUT2D eigenvalue weighted by atomic mass is 32.1. The van der Waals surface area contributed by atoms with Gasteiger partial charge in [-0.1, -0.05) is 20.8 Å². The highest BCUT2D eigenvalue weighted by molar-refractivity contribution is 7.17. The van der Waals surface area contributed by atoms with Crippen LogP contribution in [0.25, 0.3) is 10.1 Å². The zero-order valence-electron chi connectivity index (χ0n) is 9.16. The summed E-state index contributed by atoms with van der Waals surface area (Å²) in [4.78, 5) is 0. The van der Waals surface area contributed by atoms with E-state index in [0.29, 0.717) is 0 Å². The lowest BCUT2D eigenvalue weighted by atomic mass is 9.85. The molecule has 0 spiro atoms. The van der Waals surface area contributed by atoms with E-state index in [0.717, 1.165) is 10.3 Å². The third-order valence-corrected chi connectivity index (χ3v) is 3.50. The molecule has 2 heteroatoms. The highest BCUT2D eigenvalue weighted by Gasteiger charge is 2.16. The molecular formula is C13H13NS. The zero-order chi connectivity index (χ0) is 11.1. The minimum absolute atomic E-state index is 0.0989. The molecule has 0 atom stereocenters. The third kappa shape index (κ3) is 1.75. The number of nitrogens with zero attached hydrogens (tertiary/aromatic N) is 1. The fraction of sp³-hybridized carbons (Fsp3) is 0.308. The molecule has 0 saturated heterocycles. The number of hydrogen-bond donors (Lipinski definition) is 0. The predicted molar refractivity (Wildman–Crippen MR) is 65.2 cm³/mol. The van der Waals surface area contributed by atoms with Crippen LogP contribution in [0.2, 0.25) is 0 Å². The zero-order valence-corrected chi connectivity index (χ0v) is 9.98. The first-order chi connectivity index (χ1) is 7.02. The van der Waals surface area contributed by atoms with E-state index >= 15 is 0 Å². The lowest BCUT2D eigenvalue weighted by molar-refractivity contribution is 0.591. The SMILES string of the molecule is CC(C)(C)c1cc(C#N)c2sccc2c1. The Morgan fingerprint density at radius 3 is 2.60 bits per heavy atom. The van der Waals surface area contributed by atoms with Gasteiger partial charge in [-0.05, 0) is 39.9 Å².